The van der Waals surface area contributed by atoms with Gasteiger partial charge in [0, 0.05) is 49.3 Å². The third kappa shape index (κ3) is 5.25. The Hall–Kier alpha value is -1.74. The van der Waals surface area contributed by atoms with Gasteiger partial charge in [0.25, 0.3) is 0 Å². The minimum Gasteiger partial charge on any atom is -0.481 e. The number of aliphatic hydroxyl groups is 3. The lowest BCUT2D eigenvalue weighted by Crippen LogP contribution is -2.60. The molecule has 1 aliphatic carbocycles. The molecule has 2 aliphatic heterocycles. The average molecular weight is 452 g/mol. The predicted molar refractivity (Wildman–Crippen MR) is 117 cm³/mol. The third-order valence-electron chi connectivity index (χ3n) is 7.19. The van der Waals surface area contributed by atoms with Crippen molar-refractivity contribution in [2.24, 2.45) is 11.3 Å². The van der Waals surface area contributed by atoms with Crippen molar-refractivity contribution in [1.82, 2.24) is 5.32 Å². The normalized spacial score (nSPS) is 34.6. The Morgan fingerprint density at radius 1 is 1.31 bits per heavy atom. The van der Waals surface area contributed by atoms with Crippen LogP contribution in [0.15, 0.2) is 23.9 Å². The molecule has 32 heavy (non-hydrogen) atoms. The van der Waals surface area contributed by atoms with Crippen molar-refractivity contribution in [3.8, 4) is 0 Å². The molecule has 8 nitrogen and oxygen atoms in total. The average Bonchev–Trinajstić information content (AvgIpc) is 3.04. The summed E-state index contributed by atoms with van der Waals surface area (Å²) in [5.74, 6) is -2.84. The number of allylic oxidation sites excluding steroid dienone is 2. The van der Waals surface area contributed by atoms with Gasteiger partial charge in [-0.25, -0.2) is 0 Å². The van der Waals surface area contributed by atoms with Crippen LogP contribution in [0.3, 0.4) is 0 Å². The quantitative estimate of drug-likeness (QED) is 0.225. The van der Waals surface area contributed by atoms with Crippen LogP contribution in [0.4, 0.5) is 0 Å². The molecular formula is C24H37NO7. The van der Waals surface area contributed by atoms with Crippen LogP contribution in [0.1, 0.15) is 71.1 Å². The molecule has 2 saturated heterocycles. The van der Waals surface area contributed by atoms with Gasteiger partial charge < -0.3 is 30.5 Å². The van der Waals surface area contributed by atoms with Crippen LogP contribution in [0.2, 0.25) is 0 Å². The Morgan fingerprint density at radius 3 is 2.81 bits per heavy atom. The number of unbranched alkanes of at least 4 members (excludes halogenated alkanes) is 2. The summed E-state index contributed by atoms with van der Waals surface area (Å²) in [5.41, 5.74) is 0.222. The first-order valence-electron chi connectivity index (χ1n) is 11.8. The zero-order valence-electron chi connectivity index (χ0n) is 18.8. The molecule has 2 heterocycles. The van der Waals surface area contributed by atoms with Crippen LogP contribution in [-0.2, 0) is 14.3 Å². The number of Topliss-reactive ketones (excluding diaryl/α,β-unsaturated/α-hetero) is 1. The molecular weight excluding hydrogens is 414 g/mol. The van der Waals surface area contributed by atoms with E-state index in [4.69, 9.17) is 9.84 Å². The molecule has 0 aromatic heterocycles. The number of ketones is 1. The minimum atomic E-state index is -1.44. The van der Waals surface area contributed by atoms with E-state index in [0.717, 1.165) is 12.1 Å². The standard InChI is InChI=1S/C24H37NO7/c1-2-3-5-8-16-19(13-18(27)17(26)9-6-4-7-10-22(29)30)32-23(31)12-11-20-24(16,15-23)21(28)14-25-20/h3,5,11,16-17,19,21,25-26,28,31H,2,4,6-10,12-15H2,1H3,(H,29,30)/b5-3-/t16-,17?,19+,21+,23-,24?/m1/s1. The summed E-state index contributed by atoms with van der Waals surface area (Å²) in [7, 11) is 0. The number of carbonyl (C=O) groups is 2. The van der Waals surface area contributed by atoms with Gasteiger partial charge in [0.05, 0.1) is 12.2 Å². The Balaban J connectivity index is 1.71. The number of ether oxygens (including phenoxy) is 1. The van der Waals surface area contributed by atoms with Gasteiger partial charge in [-0.3, -0.25) is 9.59 Å². The molecule has 0 amide bonds. The fraction of sp³-hybridized carbons (Fsp3) is 0.750. The molecule has 0 aromatic carbocycles. The number of nitrogens with one attached hydrogen (secondary N) is 1. The van der Waals surface area contributed by atoms with E-state index in [2.05, 4.69) is 5.32 Å². The number of hydrogen-bond donors (Lipinski definition) is 5. The molecule has 3 rings (SSSR count). The molecule has 0 saturated carbocycles. The Labute approximate surface area is 189 Å². The lowest BCUT2D eigenvalue weighted by molar-refractivity contribution is -0.304. The fourth-order valence-electron chi connectivity index (χ4n) is 5.60. The molecule has 8 heteroatoms. The van der Waals surface area contributed by atoms with Crippen LogP contribution in [0, 0.1) is 11.3 Å². The van der Waals surface area contributed by atoms with Gasteiger partial charge in [-0.2, -0.15) is 0 Å². The Bertz CT molecular complexity index is 751. The highest BCUT2D eigenvalue weighted by molar-refractivity contribution is 5.83. The van der Waals surface area contributed by atoms with Crippen molar-refractivity contribution in [2.75, 3.05) is 6.54 Å². The summed E-state index contributed by atoms with van der Waals surface area (Å²) in [6.07, 6.45) is 7.61. The summed E-state index contributed by atoms with van der Waals surface area (Å²) in [6.45, 7) is 2.44. The van der Waals surface area contributed by atoms with Crippen molar-refractivity contribution >= 4 is 11.8 Å². The SMILES string of the molecule is CC/C=C\C[C@@H]1[C@H](CC(=O)C(O)CCCCCC(=O)O)O[C@]2(O)CC=C3NC[C@H](O)C31C2. The molecule has 0 aromatic rings. The number of hydrogen-bond acceptors (Lipinski definition) is 7. The van der Waals surface area contributed by atoms with Gasteiger partial charge >= 0.3 is 5.97 Å². The number of carbonyl (C=O) groups excluding carboxylic acids is 1. The van der Waals surface area contributed by atoms with E-state index in [0.29, 0.717) is 32.2 Å². The van der Waals surface area contributed by atoms with E-state index in [1.165, 1.54) is 0 Å². The van der Waals surface area contributed by atoms with Crippen LogP contribution in [0.25, 0.3) is 0 Å². The predicted octanol–water partition coefficient (Wildman–Crippen LogP) is 2.03. The number of β-amino-alcohol motifs (C(OH)–C–C–N with tert-alkyl or cyclic N) is 1. The second-order valence-corrected chi connectivity index (χ2v) is 9.44. The lowest BCUT2D eigenvalue weighted by atomic mass is 9.59. The molecule has 3 aliphatic rings. The van der Waals surface area contributed by atoms with Gasteiger partial charge in [-0.15, -0.1) is 0 Å². The van der Waals surface area contributed by atoms with Crippen LogP contribution >= 0.6 is 0 Å². The number of rotatable bonds is 12. The largest absolute Gasteiger partial charge is 0.481 e. The monoisotopic (exact) mass is 451 g/mol. The topological polar surface area (TPSA) is 136 Å². The number of aliphatic carboxylic acids is 1. The molecule has 180 valence electrons. The summed E-state index contributed by atoms with van der Waals surface area (Å²) in [6, 6.07) is 0. The van der Waals surface area contributed by atoms with Crippen molar-refractivity contribution in [3.63, 3.8) is 0 Å². The molecule has 0 radical (unpaired) electrons. The van der Waals surface area contributed by atoms with E-state index < -0.39 is 35.5 Å². The summed E-state index contributed by atoms with van der Waals surface area (Å²) < 4.78 is 6.07. The first kappa shape index (κ1) is 24.9. The first-order chi connectivity index (χ1) is 15.2. The van der Waals surface area contributed by atoms with Gasteiger partial charge in [-0.05, 0) is 25.7 Å². The van der Waals surface area contributed by atoms with E-state index in [1.807, 2.05) is 25.2 Å². The molecule has 2 fully saturated rings. The van der Waals surface area contributed by atoms with Crippen LogP contribution < -0.4 is 5.32 Å². The van der Waals surface area contributed by atoms with Gasteiger partial charge in [-0.1, -0.05) is 38.0 Å². The maximum Gasteiger partial charge on any atom is 0.303 e. The molecule has 5 N–H and O–H groups in total. The van der Waals surface area contributed by atoms with Crippen molar-refractivity contribution in [2.45, 2.75) is 95.2 Å². The fourth-order valence-corrected chi connectivity index (χ4v) is 5.60. The van der Waals surface area contributed by atoms with Crippen molar-refractivity contribution < 1.29 is 34.8 Å². The summed E-state index contributed by atoms with van der Waals surface area (Å²) >= 11 is 0. The highest BCUT2D eigenvalue weighted by Crippen LogP contribution is 2.58. The maximum absolute atomic E-state index is 12.8. The number of carboxylic acids is 1. The molecule has 6 atom stereocenters. The smallest absolute Gasteiger partial charge is 0.303 e. The van der Waals surface area contributed by atoms with E-state index >= 15 is 0 Å². The Kier molecular flexibility index (Phi) is 8.14. The van der Waals surface area contributed by atoms with Crippen LogP contribution in [0.5, 0.6) is 0 Å². The second-order valence-electron chi connectivity index (χ2n) is 9.44. The number of aliphatic hydroxyl groups excluding tert-OH is 2. The van der Waals surface area contributed by atoms with Crippen molar-refractivity contribution in [1.29, 1.82) is 0 Å². The summed E-state index contributed by atoms with van der Waals surface area (Å²) in [4.78, 5) is 23.4. The number of fused-ring (bicyclic) bond motifs is 1. The van der Waals surface area contributed by atoms with Gasteiger partial charge in [0.15, 0.2) is 11.6 Å². The molecule has 2 unspecified atom stereocenters. The van der Waals surface area contributed by atoms with Gasteiger partial charge in [0.2, 0.25) is 0 Å². The highest BCUT2D eigenvalue weighted by atomic mass is 16.6. The first-order valence-corrected chi connectivity index (χ1v) is 11.8. The molecule has 1 spiro atoms. The second kappa shape index (κ2) is 10.5. The molecule has 2 bridgehead atoms. The maximum atomic E-state index is 12.8. The van der Waals surface area contributed by atoms with Crippen LogP contribution in [-0.4, -0.2) is 62.8 Å². The third-order valence-corrected chi connectivity index (χ3v) is 7.19. The van der Waals surface area contributed by atoms with Gasteiger partial charge in [0.1, 0.15) is 6.10 Å². The lowest BCUT2D eigenvalue weighted by Gasteiger charge is -2.55. The van der Waals surface area contributed by atoms with E-state index in [-0.39, 0.29) is 43.8 Å². The van der Waals surface area contributed by atoms with E-state index in [9.17, 15) is 24.9 Å². The Morgan fingerprint density at radius 2 is 2.09 bits per heavy atom. The van der Waals surface area contributed by atoms with Crippen molar-refractivity contribution in [3.05, 3.63) is 23.9 Å². The summed E-state index contributed by atoms with van der Waals surface area (Å²) in [5, 5.41) is 44.4. The zero-order chi connectivity index (χ0) is 23.4. The highest BCUT2D eigenvalue weighted by Gasteiger charge is 2.63. The minimum absolute atomic E-state index is 0.0367. The van der Waals surface area contributed by atoms with E-state index in [1.54, 1.807) is 0 Å². The number of carboxylic acid groups (broad SMARTS) is 1. The zero-order valence-corrected chi connectivity index (χ0v) is 18.8.